The van der Waals surface area contributed by atoms with E-state index in [1.807, 2.05) is 0 Å². The normalized spacial score (nSPS) is 18.6. The van der Waals surface area contributed by atoms with Crippen molar-refractivity contribution in [1.29, 1.82) is 0 Å². The highest BCUT2D eigenvalue weighted by Gasteiger charge is 2.22. The van der Waals surface area contributed by atoms with Gasteiger partial charge in [-0.25, -0.2) is 18.4 Å². The van der Waals surface area contributed by atoms with Gasteiger partial charge in [0, 0.05) is 23.9 Å². The molecule has 0 aliphatic carbocycles. The first-order chi connectivity index (χ1) is 6.61. The van der Waals surface area contributed by atoms with Crippen LogP contribution in [-0.2, 0) is 22.0 Å². The zero-order chi connectivity index (χ0) is 10.2. The summed E-state index contributed by atoms with van der Waals surface area (Å²) in [6.45, 7) is 0. The van der Waals surface area contributed by atoms with Crippen molar-refractivity contribution in [2.24, 2.45) is 0 Å². The van der Waals surface area contributed by atoms with Crippen LogP contribution in [0.1, 0.15) is 21.9 Å². The summed E-state index contributed by atoms with van der Waals surface area (Å²) in [6.07, 6.45) is 2.35. The molecule has 0 radical (unpaired) electrons. The smallest absolute Gasteiger partial charge is 0.192 e. The van der Waals surface area contributed by atoms with Crippen molar-refractivity contribution < 1.29 is 13.2 Å². The minimum absolute atomic E-state index is 0.0124. The molecule has 2 rings (SSSR count). The molecule has 2 heterocycles. The topological polar surface area (TPSA) is 77.0 Å². The summed E-state index contributed by atoms with van der Waals surface area (Å²) < 4.78 is 22.5. The summed E-state index contributed by atoms with van der Waals surface area (Å²) in [4.78, 5) is 18.1. The van der Waals surface area contributed by atoms with E-state index in [0.29, 0.717) is 24.0 Å². The third-order valence-corrected chi connectivity index (χ3v) is 3.68. The Labute approximate surface area is 81.1 Å². The van der Waals surface area contributed by atoms with Crippen LogP contribution in [0.4, 0.5) is 0 Å². The fraction of sp³-hybridized carbons (Fsp3) is 0.375. The highest BCUT2D eigenvalue weighted by Crippen LogP contribution is 2.17. The second kappa shape index (κ2) is 3.13. The summed E-state index contributed by atoms with van der Waals surface area (Å²) in [5, 5.41) is 0. The molecule has 0 bridgehead atoms. The van der Waals surface area contributed by atoms with Gasteiger partial charge in [0.05, 0.1) is 11.5 Å². The van der Waals surface area contributed by atoms with Gasteiger partial charge in [-0.3, -0.25) is 4.79 Å². The Bertz CT molecular complexity index is 481. The number of sulfone groups is 1. The number of hydrogen-bond donors (Lipinski definition) is 0. The first-order valence-electron chi connectivity index (χ1n) is 4.11. The van der Waals surface area contributed by atoms with E-state index in [0.717, 1.165) is 0 Å². The van der Waals surface area contributed by atoms with Gasteiger partial charge >= 0.3 is 0 Å². The molecule has 0 spiro atoms. The Balaban J connectivity index is 2.47. The number of aldehydes is 1. The SMILES string of the molecule is O=Cc1ncc2c(n1)CCS(=O)(=O)C2. The molecule has 0 N–H and O–H groups in total. The average molecular weight is 212 g/mol. The van der Waals surface area contributed by atoms with E-state index in [1.54, 1.807) is 0 Å². The van der Waals surface area contributed by atoms with Crippen molar-refractivity contribution in [1.82, 2.24) is 9.97 Å². The monoisotopic (exact) mass is 212 g/mol. The van der Waals surface area contributed by atoms with E-state index in [1.165, 1.54) is 6.20 Å². The lowest BCUT2D eigenvalue weighted by Gasteiger charge is -2.14. The molecule has 14 heavy (non-hydrogen) atoms. The Morgan fingerprint density at radius 1 is 1.43 bits per heavy atom. The third kappa shape index (κ3) is 1.65. The minimum atomic E-state index is -2.98. The number of rotatable bonds is 1. The number of hydrogen-bond acceptors (Lipinski definition) is 5. The summed E-state index contributed by atoms with van der Waals surface area (Å²) in [5.41, 5.74) is 1.29. The molecule has 0 unspecified atom stereocenters. The number of carbonyl (C=O) groups is 1. The van der Waals surface area contributed by atoms with Crippen molar-refractivity contribution >= 4 is 16.1 Å². The van der Waals surface area contributed by atoms with Crippen LogP contribution in [0.2, 0.25) is 0 Å². The van der Waals surface area contributed by atoms with Crippen LogP contribution in [0.5, 0.6) is 0 Å². The fourth-order valence-corrected chi connectivity index (χ4v) is 2.78. The van der Waals surface area contributed by atoms with Crippen molar-refractivity contribution in [3.8, 4) is 0 Å². The van der Waals surface area contributed by atoms with E-state index in [4.69, 9.17) is 0 Å². The first kappa shape index (κ1) is 9.26. The molecule has 0 saturated carbocycles. The van der Waals surface area contributed by atoms with Gasteiger partial charge in [-0.2, -0.15) is 0 Å². The molecule has 0 fully saturated rings. The lowest BCUT2D eigenvalue weighted by molar-refractivity contribution is 0.111. The molecule has 74 valence electrons. The lowest BCUT2D eigenvalue weighted by atomic mass is 10.2. The number of carbonyl (C=O) groups excluding carboxylic acids is 1. The van der Waals surface area contributed by atoms with Gasteiger partial charge in [0.25, 0.3) is 0 Å². The van der Waals surface area contributed by atoms with Crippen molar-refractivity contribution in [2.45, 2.75) is 12.2 Å². The number of aryl methyl sites for hydroxylation is 1. The Hall–Kier alpha value is -1.30. The maximum Gasteiger partial charge on any atom is 0.192 e. The molecule has 1 aliphatic rings. The molecule has 0 aromatic carbocycles. The molecular formula is C8H8N2O3S. The van der Waals surface area contributed by atoms with Crippen LogP contribution < -0.4 is 0 Å². The predicted molar refractivity (Wildman–Crippen MR) is 48.6 cm³/mol. The quantitative estimate of drug-likeness (QED) is 0.600. The molecule has 1 aliphatic heterocycles. The zero-order valence-electron chi connectivity index (χ0n) is 7.30. The van der Waals surface area contributed by atoms with Crippen LogP contribution in [0.15, 0.2) is 6.20 Å². The molecule has 0 saturated heterocycles. The summed E-state index contributed by atoms with van der Waals surface area (Å²) in [7, 11) is -2.98. The van der Waals surface area contributed by atoms with Crippen molar-refractivity contribution in [3.05, 3.63) is 23.3 Å². The standard InChI is InChI=1S/C8H8N2O3S/c11-4-8-9-3-6-5-14(12,13)2-1-7(6)10-8/h3-4H,1-2,5H2. The fourth-order valence-electron chi connectivity index (χ4n) is 1.41. The van der Waals surface area contributed by atoms with Crippen LogP contribution in [0.3, 0.4) is 0 Å². The molecule has 1 aromatic rings. The maximum absolute atomic E-state index is 11.2. The molecular weight excluding hydrogens is 204 g/mol. The average Bonchev–Trinajstić information content (AvgIpc) is 2.16. The second-order valence-corrected chi connectivity index (χ2v) is 5.34. The van der Waals surface area contributed by atoms with Gasteiger partial charge < -0.3 is 0 Å². The Kier molecular flexibility index (Phi) is 2.07. The van der Waals surface area contributed by atoms with Crippen molar-refractivity contribution in [3.63, 3.8) is 0 Å². The highest BCUT2D eigenvalue weighted by atomic mass is 32.2. The van der Waals surface area contributed by atoms with Crippen LogP contribution in [0.25, 0.3) is 0 Å². The van der Waals surface area contributed by atoms with Crippen molar-refractivity contribution in [2.75, 3.05) is 5.75 Å². The maximum atomic E-state index is 11.2. The van der Waals surface area contributed by atoms with Gasteiger partial charge in [-0.15, -0.1) is 0 Å². The van der Waals surface area contributed by atoms with E-state index >= 15 is 0 Å². The molecule has 0 amide bonds. The summed E-state index contributed by atoms with van der Waals surface area (Å²) in [6, 6.07) is 0. The summed E-state index contributed by atoms with van der Waals surface area (Å²) in [5.74, 6) is 0.208. The van der Waals surface area contributed by atoms with Gasteiger partial charge in [0.2, 0.25) is 0 Å². The second-order valence-electron chi connectivity index (χ2n) is 3.16. The largest absolute Gasteiger partial charge is 0.294 e. The van der Waals surface area contributed by atoms with Gasteiger partial charge in [-0.1, -0.05) is 0 Å². The first-order valence-corrected chi connectivity index (χ1v) is 5.93. The lowest BCUT2D eigenvalue weighted by Crippen LogP contribution is -2.21. The van der Waals surface area contributed by atoms with Crippen LogP contribution in [0, 0.1) is 0 Å². The van der Waals surface area contributed by atoms with Crippen LogP contribution in [-0.4, -0.2) is 30.4 Å². The van der Waals surface area contributed by atoms with Gasteiger partial charge in [0.1, 0.15) is 0 Å². The van der Waals surface area contributed by atoms with Crippen LogP contribution >= 0.6 is 0 Å². The minimum Gasteiger partial charge on any atom is -0.294 e. The number of aromatic nitrogens is 2. The van der Waals surface area contributed by atoms with E-state index in [2.05, 4.69) is 9.97 Å². The third-order valence-electron chi connectivity index (χ3n) is 2.10. The zero-order valence-corrected chi connectivity index (χ0v) is 8.12. The Morgan fingerprint density at radius 2 is 2.21 bits per heavy atom. The van der Waals surface area contributed by atoms with Gasteiger partial charge in [0.15, 0.2) is 21.9 Å². The number of fused-ring (bicyclic) bond motifs is 1. The molecule has 1 aromatic heterocycles. The number of nitrogens with zero attached hydrogens (tertiary/aromatic N) is 2. The molecule has 5 nitrogen and oxygen atoms in total. The highest BCUT2D eigenvalue weighted by molar-refractivity contribution is 7.90. The molecule has 6 heteroatoms. The van der Waals surface area contributed by atoms with E-state index in [-0.39, 0.29) is 17.3 Å². The van der Waals surface area contributed by atoms with E-state index < -0.39 is 9.84 Å². The summed E-state index contributed by atoms with van der Waals surface area (Å²) >= 11 is 0. The predicted octanol–water partition coefficient (Wildman–Crippen LogP) is -0.240. The molecule has 0 atom stereocenters. The Morgan fingerprint density at radius 3 is 2.93 bits per heavy atom. The van der Waals surface area contributed by atoms with Gasteiger partial charge in [-0.05, 0) is 0 Å². The van der Waals surface area contributed by atoms with E-state index in [9.17, 15) is 13.2 Å².